The number of carbonyl (C=O) groups is 1. The van der Waals surface area contributed by atoms with Crippen molar-refractivity contribution >= 4 is 17.3 Å². The first-order chi connectivity index (χ1) is 9.08. The van der Waals surface area contributed by atoms with Gasteiger partial charge in [-0.1, -0.05) is 12.8 Å². The first-order valence-electron chi connectivity index (χ1n) is 7.10. The van der Waals surface area contributed by atoms with Crippen LogP contribution in [0.2, 0.25) is 0 Å². The average Bonchev–Trinajstić information content (AvgIpc) is 2.57. The second kappa shape index (κ2) is 6.53. The van der Waals surface area contributed by atoms with Crippen molar-refractivity contribution in [3.05, 3.63) is 21.4 Å². The third kappa shape index (κ3) is 3.80. The molecule has 1 fully saturated rings. The van der Waals surface area contributed by atoms with Gasteiger partial charge in [-0.2, -0.15) is 0 Å². The zero-order valence-corrected chi connectivity index (χ0v) is 12.6. The molecule has 0 saturated carbocycles. The van der Waals surface area contributed by atoms with Crippen molar-refractivity contribution < 1.29 is 9.90 Å². The van der Waals surface area contributed by atoms with E-state index in [0.29, 0.717) is 0 Å². The van der Waals surface area contributed by atoms with Gasteiger partial charge < -0.3 is 5.11 Å². The molecule has 4 heteroatoms. The highest BCUT2D eigenvalue weighted by Gasteiger charge is 2.26. The van der Waals surface area contributed by atoms with Crippen molar-refractivity contribution in [2.75, 3.05) is 13.1 Å². The van der Waals surface area contributed by atoms with Crippen LogP contribution in [0.1, 0.15) is 53.5 Å². The minimum Gasteiger partial charge on any atom is -0.481 e. The molecule has 0 amide bonds. The van der Waals surface area contributed by atoms with Crippen LogP contribution in [0.3, 0.4) is 0 Å². The topological polar surface area (TPSA) is 40.5 Å². The summed E-state index contributed by atoms with van der Waals surface area (Å²) in [5, 5.41) is 9.22. The Hall–Kier alpha value is -0.870. The lowest BCUT2D eigenvalue weighted by atomic mass is 10.0. The molecule has 0 bridgehead atoms. The molecule has 2 heterocycles. The van der Waals surface area contributed by atoms with E-state index in [-0.39, 0.29) is 12.5 Å². The molecule has 0 spiro atoms. The van der Waals surface area contributed by atoms with E-state index in [4.69, 9.17) is 0 Å². The molecule has 19 heavy (non-hydrogen) atoms. The maximum Gasteiger partial charge on any atom is 0.305 e. The number of hydrogen-bond acceptors (Lipinski definition) is 3. The molecule has 0 radical (unpaired) electrons. The Morgan fingerprint density at radius 2 is 1.95 bits per heavy atom. The van der Waals surface area contributed by atoms with E-state index in [1.165, 1.54) is 41.0 Å². The summed E-state index contributed by atoms with van der Waals surface area (Å²) in [6, 6.07) is 2.24. The normalized spacial score (nSPS) is 19.1. The summed E-state index contributed by atoms with van der Waals surface area (Å²) in [6.07, 6.45) is 5.16. The van der Waals surface area contributed by atoms with Crippen LogP contribution in [0.25, 0.3) is 0 Å². The number of nitrogens with zero attached hydrogens (tertiary/aromatic N) is 1. The molecular weight excluding hydrogens is 258 g/mol. The van der Waals surface area contributed by atoms with E-state index in [0.717, 1.165) is 13.1 Å². The number of thiophene rings is 1. The van der Waals surface area contributed by atoms with Gasteiger partial charge in [0.25, 0.3) is 0 Å². The quantitative estimate of drug-likeness (QED) is 0.913. The molecule has 3 nitrogen and oxygen atoms in total. The minimum atomic E-state index is -0.697. The SMILES string of the molecule is Cc1cc(C(CC(=O)O)N2CCCCCC2)c(C)s1. The maximum atomic E-state index is 11.2. The van der Waals surface area contributed by atoms with Crippen molar-refractivity contribution in [3.8, 4) is 0 Å². The number of hydrogen-bond donors (Lipinski definition) is 1. The van der Waals surface area contributed by atoms with Crippen LogP contribution in [0.5, 0.6) is 0 Å². The van der Waals surface area contributed by atoms with E-state index in [1.807, 2.05) is 0 Å². The number of aryl methyl sites for hydroxylation is 2. The Bertz CT molecular complexity index is 433. The highest BCUT2D eigenvalue weighted by molar-refractivity contribution is 7.12. The van der Waals surface area contributed by atoms with Gasteiger partial charge in [-0.15, -0.1) is 11.3 Å². The van der Waals surface area contributed by atoms with Crippen LogP contribution in [0, 0.1) is 13.8 Å². The van der Waals surface area contributed by atoms with Gasteiger partial charge in [-0.25, -0.2) is 0 Å². The van der Waals surface area contributed by atoms with Crippen molar-refractivity contribution in [3.63, 3.8) is 0 Å². The summed E-state index contributed by atoms with van der Waals surface area (Å²) in [5.74, 6) is -0.697. The largest absolute Gasteiger partial charge is 0.481 e. The second-order valence-corrected chi connectivity index (χ2v) is 6.89. The third-order valence-electron chi connectivity index (χ3n) is 3.89. The standard InChI is InChI=1S/C15H23NO2S/c1-11-9-13(12(2)19-11)14(10-15(17)18)16-7-5-3-4-6-8-16/h9,14H,3-8,10H2,1-2H3,(H,17,18). The molecule has 1 aliphatic heterocycles. The summed E-state index contributed by atoms with van der Waals surface area (Å²) in [6.45, 7) is 6.28. The van der Waals surface area contributed by atoms with Gasteiger partial charge in [0, 0.05) is 15.8 Å². The Morgan fingerprint density at radius 3 is 2.42 bits per heavy atom. The smallest absolute Gasteiger partial charge is 0.305 e. The monoisotopic (exact) mass is 281 g/mol. The molecule has 1 N–H and O–H groups in total. The van der Waals surface area contributed by atoms with Crippen molar-refractivity contribution in [2.24, 2.45) is 0 Å². The minimum absolute atomic E-state index is 0.0561. The van der Waals surface area contributed by atoms with Crippen molar-refractivity contribution in [1.29, 1.82) is 0 Å². The maximum absolute atomic E-state index is 11.2. The number of aliphatic carboxylic acids is 1. The van der Waals surface area contributed by atoms with Gasteiger partial charge in [0.2, 0.25) is 0 Å². The van der Waals surface area contributed by atoms with Crippen LogP contribution in [0.4, 0.5) is 0 Å². The van der Waals surface area contributed by atoms with Gasteiger partial charge in [-0.05, 0) is 51.4 Å². The van der Waals surface area contributed by atoms with Crippen LogP contribution < -0.4 is 0 Å². The van der Waals surface area contributed by atoms with Gasteiger partial charge in [0.1, 0.15) is 0 Å². The van der Waals surface area contributed by atoms with E-state index in [2.05, 4.69) is 24.8 Å². The summed E-state index contributed by atoms with van der Waals surface area (Å²) >= 11 is 1.77. The fourth-order valence-electron chi connectivity index (χ4n) is 2.99. The molecular formula is C15H23NO2S. The van der Waals surface area contributed by atoms with E-state index in [9.17, 15) is 9.90 Å². The average molecular weight is 281 g/mol. The molecule has 2 rings (SSSR count). The van der Waals surface area contributed by atoms with Crippen LogP contribution in [-0.2, 0) is 4.79 Å². The summed E-state index contributed by atoms with van der Waals surface area (Å²) < 4.78 is 0. The first kappa shape index (κ1) is 14.5. The molecule has 1 aliphatic rings. The number of rotatable bonds is 4. The van der Waals surface area contributed by atoms with Crippen LogP contribution in [-0.4, -0.2) is 29.1 Å². The van der Waals surface area contributed by atoms with Gasteiger partial charge in [0.15, 0.2) is 0 Å². The van der Waals surface area contributed by atoms with E-state index < -0.39 is 5.97 Å². The van der Waals surface area contributed by atoms with Crippen LogP contribution >= 0.6 is 11.3 Å². The van der Waals surface area contributed by atoms with E-state index in [1.54, 1.807) is 11.3 Å². The first-order valence-corrected chi connectivity index (χ1v) is 7.92. The fraction of sp³-hybridized carbons (Fsp3) is 0.667. The summed E-state index contributed by atoms with van der Waals surface area (Å²) in [4.78, 5) is 16.1. The number of likely N-dealkylation sites (tertiary alicyclic amines) is 1. The van der Waals surface area contributed by atoms with Crippen molar-refractivity contribution in [2.45, 2.75) is 52.0 Å². The summed E-state index contributed by atoms with van der Waals surface area (Å²) in [5.41, 5.74) is 1.23. The van der Waals surface area contributed by atoms with Crippen molar-refractivity contribution in [1.82, 2.24) is 4.90 Å². The fourth-order valence-corrected chi connectivity index (χ4v) is 3.97. The molecule has 106 valence electrons. The summed E-state index contributed by atoms with van der Waals surface area (Å²) in [7, 11) is 0. The van der Waals surface area contributed by atoms with Gasteiger partial charge >= 0.3 is 5.97 Å². The van der Waals surface area contributed by atoms with Gasteiger partial charge in [0.05, 0.1) is 6.42 Å². The lowest BCUT2D eigenvalue weighted by Gasteiger charge is -2.29. The highest BCUT2D eigenvalue weighted by Crippen LogP contribution is 2.33. The third-order valence-corrected chi connectivity index (χ3v) is 4.87. The highest BCUT2D eigenvalue weighted by atomic mass is 32.1. The Labute approximate surface area is 119 Å². The predicted octanol–water partition coefficient (Wildman–Crippen LogP) is 3.76. The molecule has 1 aromatic rings. The predicted molar refractivity (Wildman–Crippen MR) is 78.8 cm³/mol. The zero-order chi connectivity index (χ0) is 13.8. The second-order valence-electron chi connectivity index (χ2n) is 5.43. The Kier molecular flexibility index (Phi) is 4.99. The lowest BCUT2D eigenvalue weighted by molar-refractivity contribution is -0.138. The number of carboxylic acid groups (broad SMARTS) is 1. The molecule has 0 aromatic carbocycles. The molecule has 1 aromatic heterocycles. The van der Waals surface area contributed by atoms with Gasteiger partial charge in [-0.3, -0.25) is 9.69 Å². The molecule has 1 saturated heterocycles. The molecule has 1 atom stereocenters. The number of carboxylic acids is 1. The zero-order valence-electron chi connectivity index (χ0n) is 11.8. The lowest BCUT2D eigenvalue weighted by Crippen LogP contribution is -2.31. The Balaban J connectivity index is 2.23. The Morgan fingerprint density at radius 1 is 1.32 bits per heavy atom. The molecule has 0 aliphatic carbocycles. The molecule has 1 unspecified atom stereocenters. The van der Waals surface area contributed by atoms with Crippen LogP contribution in [0.15, 0.2) is 6.07 Å². The van der Waals surface area contributed by atoms with E-state index >= 15 is 0 Å².